The van der Waals surface area contributed by atoms with Crippen LogP contribution in [0.1, 0.15) is 37.3 Å². The molecule has 0 bridgehead atoms. The molecule has 2 N–H and O–H groups in total. The molecule has 1 aromatic heterocycles. The highest BCUT2D eigenvalue weighted by Gasteiger charge is 2.15. The van der Waals surface area contributed by atoms with Crippen molar-refractivity contribution in [1.29, 1.82) is 0 Å². The van der Waals surface area contributed by atoms with Gasteiger partial charge in [0, 0.05) is 12.1 Å². The van der Waals surface area contributed by atoms with Crippen molar-refractivity contribution >= 4 is 22.7 Å². The second-order valence-corrected chi connectivity index (χ2v) is 4.45. The van der Waals surface area contributed by atoms with Crippen molar-refractivity contribution in [3.05, 3.63) is 11.8 Å². The van der Waals surface area contributed by atoms with E-state index in [2.05, 4.69) is 5.10 Å². The predicted molar refractivity (Wildman–Crippen MR) is 59.5 cm³/mol. The zero-order chi connectivity index (χ0) is 10.7. The van der Waals surface area contributed by atoms with Crippen molar-refractivity contribution in [2.45, 2.75) is 26.8 Å². The van der Waals surface area contributed by atoms with E-state index in [0.29, 0.717) is 11.5 Å². The number of nitrogens with two attached hydrogens (primary N) is 1. The van der Waals surface area contributed by atoms with E-state index in [1.165, 1.54) is 11.8 Å². The smallest absolute Gasteiger partial charge is 0.237 e. The molecule has 1 aromatic rings. The van der Waals surface area contributed by atoms with Gasteiger partial charge in [0.05, 0.1) is 0 Å². The second-order valence-electron chi connectivity index (χ2n) is 3.21. The van der Waals surface area contributed by atoms with Gasteiger partial charge in [-0.25, -0.2) is 0 Å². The van der Waals surface area contributed by atoms with Crippen molar-refractivity contribution in [2.75, 3.05) is 11.5 Å². The molecule has 0 amide bonds. The Morgan fingerprint density at radius 3 is 2.86 bits per heavy atom. The fourth-order valence-corrected chi connectivity index (χ4v) is 1.73. The number of nitrogens with zero attached hydrogens (tertiary/aromatic N) is 2. The van der Waals surface area contributed by atoms with Crippen LogP contribution in [0.5, 0.6) is 0 Å². The topological polar surface area (TPSA) is 60.9 Å². The molecule has 0 spiro atoms. The molecule has 1 heterocycles. The third-order valence-corrected chi connectivity index (χ3v) is 2.49. The average Bonchev–Trinajstić information content (AvgIpc) is 2.48. The summed E-state index contributed by atoms with van der Waals surface area (Å²) in [6.45, 7) is 5.89. The van der Waals surface area contributed by atoms with Crippen LogP contribution in [0.25, 0.3) is 0 Å². The van der Waals surface area contributed by atoms with Crippen LogP contribution in [0.15, 0.2) is 6.07 Å². The molecular weight excluding hydrogens is 198 g/mol. The standard InChI is InChI=1S/C9H15N3OS/c1-4-14-9(13)7-5-8(10)11-12(7)6(2)3/h5-6H,4H2,1-3H3,(H2,10,11). The fourth-order valence-electron chi connectivity index (χ4n) is 1.16. The number of hydrogen-bond acceptors (Lipinski definition) is 4. The van der Waals surface area contributed by atoms with Gasteiger partial charge in [-0.3, -0.25) is 9.48 Å². The lowest BCUT2D eigenvalue weighted by molar-refractivity contribution is 0.107. The summed E-state index contributed by atoms with van der Waals surface area (Å²) in [5, 5.41) is 4.11. The highest BCUT2D eigenvalue weighted by atomic mass is 32.2. The van der Waals surface area contributed by atoms with Crippen molar-refractivity contribution in [2.24, 2.45) is 0 Å². The van der Waals surface area contributed by atoms with Gasteiger partial charge in [0.2, 0.25) is 5.12 Å². The summed E-state index contributed by atoms with van der Waals surface area (Å²) >= 11 is 1.27. The third kappa shape index (κ3) is 2.29. The minimum atomic E-state index is 0.0328. The van der Waals surface area contributed by atoms with E-state index in [1.807, 2.05) is 20.8 Å². The molecule has 78 valence electrons. The largest absolute Gasteiger partial charge is 0.382 e. The summed E-state index contributed by atoms with van der Waals surface area (Å²) in [5.41, 5.74) is 6.15. The molecule has 0 aliphatic carbocycles. The maximum Gasteiger partial charge on any atom is 0.237 e. The Bertz CT molecular complexity index is 333. The van der Waals surface area contributed by atoms with Gasteiger partial charge in [-0.2, -0.15) is 5.10 Å². The molecule has 0 fully saturated rings. The average molecular weight is 213 g/mol. The Morgan fingerprint density at radius 2 is 2.36 bits per heavy atom. The van der Waals surface area contributed by atoms with Gasteiger partial charge in [-0.1, -0.05) is 18.7 Å². The number of anilines is 1. The molecule has 0 aromatic carbocycles. The Labute approximate surface area is 87.9 Å². The predicted octanol–water partition coefficient (Wildman–Crippen LogP) is 1.94. The lowest BCUT2D eigenvalue weighted by Gasteiger charge is -2.08. The Hall–Kier alpha value is -0.970. The number of nitrogen functional groups attached to an aromatic ring is 1. The number of aromatic nitrogens is 2. The van der Waals surface area contributed by atoms with Crippen molar-refractivity contribution < 1.29 is 4.79 Å². The molecule has 4 nitrogen and oxygen atoms in total. The number of carbonyl (C=O) groups is 1. The first-order valence-corrected chi connectivity index (χ1v) is 5.57. The van der Waals surface area contributed by atoms with Crippen molar-refractivity contribution in [3.63, 3.8) is 0 Å². The van der Waals surface area contributed by atoms with E-state index >= 15 is 0 Å². The zero-order valence-electron chi connectivity index (χ0n) is 8.65. The minimum Gasteiger partial charge on any atom is -0.382 e. The number of thioether (sulfide) groups is 1. The molecule has 1 rings (SSSR count). The van der Waals surface area contributed by atoms with Crippen LogP contribution in [0.2, 0.25) is 0 Å². The van der Waals surface area contributed by atoms with Crippen LogP contribution >= 0.6 is 11.8 Å². The molecule has 0 saturated carbocycles. The highest BCUT2D eigenvalue weighted by molar-refractivity contribution is 8.14. The lowest BCUT2D eigenvalue weighted by atomic mass is 10.3. The first-order chi connectivity index (χ1) is 6.56. The van der Waals surface area contributed by atoms with E-state index in [-0.39, 0.29) is 11.2 Å². The first-order valence-electron chi connectivity index (χ1n) is 4.58. The number of hydrogen-bond donors (Lipinski definition) is 1. The summed E-state index contributed by atoms with van der Waals surface area (Å²) in [6, 6.07) is 1.79. The minimum absolute atomic E-state index is 0.0328. The SMILES string of the molecule is CCSC(=O)c1cc(N)nn1C(C)C. The normalized spacial score (nSPS) is 10.9. The molecule has 0 unspecified atom stereocenters. The summed E-state index contributed by atoms with van der Waals surface area (Å²) in [4.78, 5) is 11.6. The third-order valence-electron chi connectivity index (χ3n) is 1.73. The maximum atomic E-state index is 11.6. The number of carbonyl (C=O) groups excluding carboxylic acids is 1. The summed E-state index contributed by atoms with van der Waals surface area (Å²) in [6.07, 6.45) is 0. The molecule has 0 atom stereocenters. The summed E-state index contributed by atoms with van der Waals surface area (Å²) in [7, 11) is 0. The lowest BCUT2D eigenvalue weighted by Crippen LogP contribution is -2.10. The van der Waals surface area contributed by atoms with Gasteiger partial charge in [-0.05, 0) is 19.6 Å². The Morgan fingerprint density at radius 1 is 1.71 bits per heavy atom. The van der Waals surface area contributed by atoms with Crippen molar-refractivity contribution in [3.8, 4) is 0 Å². The van der Waals surface area contributed by atoms with Gasteiger partial charge >= 0.3 is 0 Å². The van der Waals surface area contributed by atoms with Gasteiger partial charge < -0.3 is 5.73 Å². The van der Waals surface area contributed by atoms with Gasteiger partial charge in [-0.15, -0.1) is 0 Å². The quantitative estimate of drug-likeness (QED) is 0.833. The molecular formula is C9H15N3OS. The van der Waals surface area contributed by atoms with E-state index in [4.69, 9.17) is 5.73 Å². The summed E-state index contributed by atoms with van der Waals surface area (Å²) in [5.74, 6) is 1.17. The van der Waals surface area contributed by atoms with Crippen LogP contribution in [-0.2, 0) is 0 Å². The Balaban J connectivity index is 3.00. The zero-order valence-corrected chi connectivity index (χ0v) is 9.47. The molecule has 5 heteroatoms. The van der Waals surface area contributed by atoms with Crippen LogP contribution in [-0.4, -0.2) is 20.6 Å². The van der Waals surface area contributed by atoms with Gasteiger partial charge in [0.1, 0.15) is 11.5 Å². The molecule has 14 heavy (non-hydrogen) atoms. The van der Waals surface area contributed by atoms with Gasteiger partial charge in [0.25, 0.3) is 0 Å². The van der Waals surface area contributed by atoms with Crippen LogP contribution in [0.4, 0.5) is 5.82 Å². The van der Waals surface area contributed by atoms with E-state index in [1.54, 1.807) is 10.7 Å². The van der Waals surface area contributed by atoms with Crippen molar-refractivity contribution in [1.82, 2.24) is 9.78 Å². The molecule has 0 aliphatic rings. The monoisotopic (exact) mass is 213 g/mol. The van der Waals surface area contributed by atoms with E-state index in [9.17, 15) is 4.79 Å². The first kappa shape index (κ1) is 11.1. The van der Waals surface area contributed by atoms with E-state index < -0.39 is 0 Å². The van der Waals surface area contributed by atoms with E-state index in [0.717, 1.165) is 5.75 Å². The number of rotatable bonds is 3. The second kappa shape index (κ2) is 4.50. The molecule has 0 radical (unpaired) electrons. The van der Waals surface area contributed by atoms with Gasteiger partial charge in [0.15, 0.2) is 0 Å². The highest BCUT2D eigenvalue weighted by Crippen LogP contribution is 2.18. The maximum absolute atomic E-state index is 11.6. The summed E-state index contributed by atoms with van der Waals surface area (Å²) < 4.78 is 1.67. The molecule has 0 aliphatic heterocycles. The van der Waals surface area contributed by atoms with Crippen LogP contribution in [0, 0.1) is 0 Å². The molecule has 0 saturated heterocycles. The van der Waals surface area contributed by atoms with Crippen LogP contribution in [0.3, 0.4) is 0 Å². The fraction of sp³-hybridized carbons (Fsp3) is 0.556. The van der Waals surface area contributed by atoms with Crippen LogP contribution < -0.4 is 5.73 Å². The Kier molecular flexibility index (Phi) is 3.57.